The molecule has 25 heavy (non-hydrogen) atoms. The van der Waals surface area contributed by atoms with Gasteiger partial charge in [0, 0.05) is 0 Å². The zero-order chi connectivity index (χ0) is 18.2. The number of benzene rings is 2. The Balaban J connectivity index is 1.95. The SMILES string of the molecule is COc1ccc(CO[C@@H](C)[C@@H](O)C(Cc2ccccc2)C(=O)O)cc1. The Hall–Kier alpha value is -2.37. The van der Waals surface area contributed by atoms with Gasteiger partial charge in [-0.1, -0.05) is 42.5 Å². The van der Waals surface area contributed by atoms with Gasteiger partial charge in [-0.15, -0.1) is 0 Å². The molecule has 0 spiro atoms. The highest BCUT2D eigenvalue weighted by molar-refractivity contribution is 5.71. The minimum atomic E-state index is -1.10. The average Bonchev–Trinajstić information content (AvgIpc) is 2.64. The molecular formula is C20H24O5. The van der Waals surface area contributed by atoms with E-state index in [2.05, 4.69) is 0 Å². The third kappa shape index (κ3) is 5.59. The Morgan fingerprint density at radius 3 is 2.24 bits per heavy atom. The van der Waals surface area contributed by atoms with E-state index in [1.165, 1.54) is 0 Å². The van der Waals surface area contributed by atoms with E-state index in [4.69, 9.17) is 9.47 Å². The Morgan fingerprint density at radius 1 is 1.04 bits per heavy atom. The summed E-state index contributed by atoms with van der Waals surface area (Å²) in [5.41, 5.74) is 1.80. The number of aliphatic hydroxyl groups is 1. The number of carboxylic acids is 1. The fraction of sp³-hybridized carbons (Fsp3) is 0.350. The van der Waals surface area contributed by atoms with Crippen molar-refractivity contribution >= 4 is 5.97 Å². The number of ether oxygens (including phenoxy) is 2. The second kappa shape index (κ2) is 9.20. The van der Waals surface area contributed by atoms with Crippen LogP contribution in [-0.4, -0.2) is 35.5 Å². The maximum absolute atomic E-state index is 11.6. The molecule has 0 aromatic heterocycles. The van der Waals surface area contributed by atoms with Gasteiger partial charge in [0.25, 0.3) is 0 Å². The normalized spacial score (nSPS) is 14.5. The molecule has 0 amide bonds. The summed E-state index contributed by atoms with van der Waals surface area (Å²) in [5, 5.41) is 19.9. The fourth-order valence-electron chi connectivity index (χ4n) is 2.60. The van der Waals surface area contributed by atoms with Gasteiger partial charge in [-0.05, 0) is 36.6 Å². The smallest absolute Gasteiger partial charge is 0.309 e. The number of rotatable bonds is 9. The van der Waals surface area contributed by atoms with Gasteiger partial charge < -0.3 is 19.7 Å². The summed E-state index contributed by atoms with van der Waals surface area (Å²) < 4.78 is 10.8. The molecule has 0 aliphatic heterocycles. The summed E-state index contributed by atoms with van der Waals surface area (Å²) in [6.07, 6.45) is -1.45. The largest absolute Gasteiger partial charge is 0.497 e. The van der Waals surface area contributed by atoms with Crippen molar-refractivity contribution < 1.29 is 24.5 Å². The Morgan fingerprint density at radius 2 is 1.68 bits per heavy atom. The molecule has 0 heterocycles. The summed E-state index contributed by atoms with van der Waals surface area (Å²) in [4.78, 5) is 11.6. The Labute approximate surface area is 147 Å². The molecule has 2 aromatic rings. The van der Waals surface area contributed by atoms with E-state index < -0.39 is 24.1 Å². The van der Waals surface area contributed by atoms with Crippen molar-refractivity contribution in [1.29, 1.82) is 0 Å². The number of carboxylic acid groups (broad SMARTS) is 1. The predicted molar refractivity (Wildman–Crippen MR) is 94.5 cm³/mol. The van der Waals surface area contributed by atoms with Gasteiger partial charge in [0.15, 0.2) is 0 Å². The van der Waals surface area contributed by atoms with E-state index in [1.54, 1.807) is 14.0 Å². The molecule has 2 N–H and O–H groups in total. The number of carbonyl (C=O) groups is 1. The molecular weight excluding hydrogens is 320 g/mol. The highest BCUT2D eigenvalue weighted by Crippen LogP contribution is 2.19. The highest BCUT2D eigenvalue weighted by atomic mass is 16.5. The molecule has 0 saturated heterocycles. The zero-order valence-electron chi connectivity index (χ0n) is 14.5. The maximum atomic E-state index is 11.6. The average molecular weight is 344 g/mol. The van der Waals surface area contributed by atoms with Crippen LogP contribution >= 0.6 is 0 Å². The topological polar surface area (TPSA) is 76.0 Å². The van der Waals surface area contributed by atoms with Crippen LogP contribution in [0, 0.1) is 5.92 Å². The highest BCUT2D eigenvalue weighted by Gasteiger charge is 2.31. The van der Waals surface area contributed by atoms with Crippen LogP contribution in [0.2, 0.25) is 0 Å². The number of methoxy groups -OCH3 is 1. The minimum absolute atomic E-state index is 0.258. The van der Waals surface area contributed by atoms with Crippen LogP contribution in [0.5, 0.6) is 5.75 Å². The quantitative estimate of drug-likeness (QED) is 0.731. The van der Waals surface area contributed by atoms with Crippen LogP contribution in [0.15, 0.2) is 54.6 Å². The molecule has 0 aliphatic carbocycles. The first kappa shape index (κ1) is 19.0. The van der Waals surface area contributed by atoms with E-state index in [1.807, 2.05) is 54.6 Å². The molecule has 2 rings (SSSR count). The van der Waals surface area contributed by atoms with Crippen molar-refractivity contribution in [2.24, 2.45) is 5.92 Å². The fourth-order valence-corrected chi connectivity index (χ4v) is 2.60. The van der Waals surface area contributed by atoms with Gasteiger partial charge in [0.05, 0.1) is 31.8 Å². The molecule has 0 bridgehead atoms. The molecule has 0 fully saturated rings. The summed E-state index contributed by atoms with van der Waals surface area (Å²) in [6, 6.07) is 16.7. The first-order chi connectivity index (χ1) is 12.0. The van der Waals surface area contributed by atoms with Crippen LogP contribution in [0.3, 0.4) is 0 Å². The van der Waals surface area contributed by atoms with Crippen LogP contribution in [0.25, 0.3) is 0 Å². The van der Waals surface area contributed by atoms with Gasteiger partial charge in [-0.25, -0.2) is 0 Å². The van der Waals surface area contributed by atoms with E-state index in [0.717, 1.165) is 16.9 Å². The number of aliphatic hydroxyl groups excluding tert-OH is 1. The third-order valence-corrected chi connectivity index (χ3v) is 4.18. The predicted octanol–water partition coefficient (Wildman–Crippen LogP) is 2.90. The summed E-state index contributed by atoms with van der Waals surface area (Å²) in [7, 11) is 1.60. The van der Waals surface area contributed by atoms with E-state index in [9.17, 15) is 15.0 Å². The summed E-state index contributed by atoms with van der Waals surface area (Å²) >= 11 is 0. The standard InChI is InChI=1S/C20H24O5/c1-14(25-13-16-8-10-17(24-2)11-9-16)19(21)18(20(22)23)12-15-6-4-3-5-7-15/h3-11,14,18-19,21H,12-13H2,1-2H3,(H,22,23)/t14-,18?,19+/m0/s1. The van der Waals surface area contributed by atoms with Crippen LogP contribution in [0.1, 0.15) is 18.1 Å². The molecule has 0 aliphatic rings. The third-order valence-electron chi connectivity index (χ3n) is 4.18. The molecule has 0 radical (unpaired) electrons. The van der Waals surface area contributed by atoms with Crippen molar-refractivity contribution in [1.82, 2.24) is 0 Å². The lowest BCUT2D eigenvalue weighted by Crippen LogP contribution is -2.39. The minimum Gasteiger partial charge on any atom is -0.497 e. The van der Waals surface area contributed by atoms with Crippen molar-refractivity contribution in [3.05, 3.63) is 65.7 Å². The number of aliphatic carboxylic acids is 1. The molecule has 2 aromatic carbocycles. The van der Waals surface area contributed by atoms with Crippen LogP contribution in [0.4, 0.5) is 0 Å². The van der Waals surface area contributed by atoms with E-state index in [-0.39, 0.29) is 6.42 Å². The molecule has 5 heteroatoms. The maximum Gasteiger partial charge on any atom is 0.309 e. The molecule has 1 unspecified atom stereocenters. The lowest BCUT2D eigenvalue weighted by atomic mass is 9.91. The van der Waals surface area contributed by atoms with Crippen molar-refractivity contribution in [3.8, 4) is 5.75 Å². The first-order valence-corrected chi connectivity index (χ1v) is 8.20. The van der Waals surface area contributed by atoms with E-state index in [0.29, 0.717) is 6.61 Å². The second-order valence-corrected chi connectivity index (χ2v) is 5.99. The van der Waals surface area contributed by atoms with Gasteiger partial charge in [-0.3, -0.25) is 4.79 Å². The monoisotopic (exact) mass is 344 g/mol. The van der Waals surface area contributed by atoms with Gasteiger partial charge in [0.2, 0.25) is 0 Å². The number of hydrogen-bond donors (Lipinski definition) is 2. The van der Waals surface area contributed by atoms with Crippen LogP contribution in [-0.2, 0) is 22.6 Å². The zero-order valence-corrected chi connectivity index (χ0v) is 14.5. The van der Waals surface area contributed by atoms with Gasteiger partial charge >= 0.3 is 5.97 Å². The summed E-state index contributed by atoms with van der Waals surface area (Å²) in [5.74, 6) is -1.20. The molecule has 3 atom stereocenters. The molecule has 134 valence electrons. The van der Waals surface area contributed by atoms with Crippen LogP contribution < -0.4 is 4.74 Å². The lowest BCUT2D eigenvalue weighted by molar-refractivity contribution is -0.150. The van der Waals surface area contributed by atoms with Crippen molar-refractivity contribution in [2.75, 3.05) is 7.11 Å². The Kier molecular flexibility index (Phi) is 6.98. The first-order valence-electron chi connectivity index (χ1n) is 8.20. The van der Waals surface area contributed by atoms with E-state index >= 15 is 0 Å². The second-order valence-electron chi connectivity index (χ2n) is 5.99. The number of hydrogen-bond acceptors (Lipinski definition) is 4. The van der Waals surface area contributed by atoms with Crippen molar-refractivity contribution in [3.63, 3.8) is 0 Å². The lowest BCUT2D eigenvalue weighted by Gasteiger charge is -2.25. The Bertz CT molecular complexity index is 654. The molecule has 0 saturated carbocycles. The molecule has 5 nitrogen and oxygen atoms in total. The van der Waals surface area contributed by atoms with Gasteiger partial charge in [0.1, 0.15) is 5.75 Å². The van der Waals surface area contributed by atoms with Crippen molar-refractivity contribution in [2.45, 2.75) is 32.2 Å². The summed E-state index contributed by atoms with van der Waals surface area (Å²) in [6.45, 7) is 1.98. The van der Waals surface area contributed by atoms with Gasteiger partial charge in [-0.2, -0.15) is 0 Å².